The number of carboxylic acids is 1. The summed E-state index contributed by atoms with van der Waals surface area (Å²) in [7, 11) is 0. The van der Waals surface area contributed by atoms with Crippen molar-refractivity contribution in [2.24, 2.45) is 23.5 Å². The van der Waals surface area contributed by atoms with E-state index in [2.05, 4.69) is 5.32 Å². The minimum Gasteiger partial charge on any atom is -0.481 e. The van der Waals surface area contributed by atoms with Gasteiger partial charge in [0.1, 0.15) is 30.3 Å². The zero-order valence-corrected chi connectivity index (χ0v) is 43.0. The van der Waals surface area contributed by atoms with Crippen LogP contribution in [-0.2, 0) is 33.3 Å². The molecule has 20 heteroatoms. The Hall–Kier alpha value is -4.75. The van der Waals surface area contributed by atoms with Gasteiger partial charge in [-0.2, -0.15) is 0 Å². The number of benzene rings is 1. The van der Waals surface area contributed by atoms with Crippen LogP contribution in [0.15, 0.2) is 115 Å². The molecule has 0 aliphatic carbocycles. The minimum atomic E-state index is -2.39. The van der Waals surface area contributed by atoms with Gasteiger partial charge in [0.05, 0.1) is 73.5 Å². The van der Waals surface area contributed by atoms with Gasteiger partial charge in [-0.15, -0.1) is 0 Å². The third kappa shape index (κ3) is 20.3. The number of aliphatic hydroxyl groups excluding tert-OH is 9. The third-order valence-corrected chi connectivity index (χ3v) is 13.7. The van der Waals surface area contributed by atoms with Crippen molar-refractivity contribution >= 4 is 17.8 Å². The Morgan fingerprint density at radius 1 is 0.680 bits per heavy atom. The van der Waals surface area contributed by atoms with Gasteiger partial charge in [-0.25, -0.2) is 0 Å². The second-order valence-corrected chi connectivity index (χ2v) is 19.9. The van der Waals surface area contributed by atoms with Crippen molar-refractivity contribution in [1.29, 1.82) is 0 Å². The number of aliphatic hydroxyl groups is 10. The second kappa shape index (κ2) is 30.9. The van der Waals surface area contributed by atoms with E-state index in [0.717, 1.165) is 0 Å². The molecule has 0 spiro atoms. The molecule has 0 radical (unpaired) electrons. The number of aliphatic carboxylic acids is 1. The van der Waals surface area contributed by atoms with E-state index in [-0.39, 0.29) is 25.2 Å². The van der Waals surface area contributed by atoms with Crippen LogP contribution < -0.4 is 11.1 Å². The number of fused-ring (bicyclic) bond motifs is 2. The fourth-order valence-corrected chi connectivity index (χ4v) is 9.17. The Kier molecular flexibility index (Phi) is 25.8. The SMILES string of the molecule is C[C@@H]1[C@H](O)[C@@H](C)/C=C/C=C/C=C/C=C/C=C/C=C/C=C/[C@H](O[C@@H]2O[C@@H](C)[C@@H](O)[C@H](NC(=O)[C@H](N)c3ccccc3)[C@@H]2O)C[C@@H]2O[C@](O)(C[C@@H](O)C[C@@H](O)[C@H](O)CC[C@@H](O)C[C@@H](O)CC(=O)O[C@H]1C)C[C@H](O)[C@H]2C(=O)O. The van der Waals surface area contributed by atoms with Crippen LogP contribution in [0.25, 0.3) is 0 Å². The predicted octanol–water partition coefficient (Wildman–Crippen LogP) is 1.57. The molecule has 418 valence electrons. The van der Waals surface area contributed by atoms with Gasteiger partial charge in [0.2, 0.25) is 5.91 Å². The number of hydrogen-bond acceptors (Lipinski definition) is 18. The highest BCUT2D eigenvalue weighted by Gasteiger charge is 2.51. The lowest BCUT2D eigenvalue weighted by Crippen LogP contribution is -2.64. The molecule has 4 rings (SSSR count). The summed E-state index contributed by atoms with van der Waals surface area (Å²) in [5.41, 5.74) is 6.68. The molecule has 14 N–H and O–H groups in total. The highest BCUT2D eigenvalue weighted by Crippen LogP contribution is 2.38. The van der Waals surface area contributed by atoms with Crippen LogP contribution in [0, 0.1) is 17.8 Å². The summed E-state index contributed by atoms with van der Waals surface area (Å²) in [5, 5.41) is 123. The fourth-order valence-electron chi connectivity index (χ4n) is 9.17. The van der Waals surface area contributed by atoms with Crippen molar-refractivity contribution in [1.82, 2.24) is 5.32 Å². The van der Waals surface area contributed by atoms with Crippen LogP contribution in [0.4, 0.5) is 0 Å². The molecule has 3 aliphatic heterocycles. The molecule has 2 bridgehead atoms. The average molecular weight is 1060 g/mol. The van der Waals surface area contributed by atoms with Crippen LogP contribution in [0.2, 0.25) is 0 Å². The summed E-state index contributed by atoms with van der Waals surface area (Å²) in [5.74, 6) is -7.76. The van der Waals surface area contributed by atoms with E-state index in [1.165, 1.54) is 13.0 Å². The molecule has 2 fully saturated rings. The Morgan fingerprint density at radius 2 is 1.27 bits per heavy atom. The Balaban J connectivity index is 1.59. The molecule has 0 saturated carbocycles. The lowest BCUT2D eigenvalue weighted by atomic mass is 9.82. The third-order valence-electron chi connectivity index (χ3n) is 13.7. The molecule has 3 heterocycles. The molecule has 0 aromatic heterocycles. The number of amides is 1. The van der Waals surface area contributed by atoms with E-state index in [9.17, 15) is 70.6 Å². The zero-order chi connectivity index (χ0) is 55.4. The van der Waals surface area contributed by atoms with E-state index < -0.39 is 165 Å². The standard InChI is InChI=1S/C55H80N2O18/c1-32-20-16-13-11-9-7-5-6-8-10-12-14-19-23-40(74-54-51(67)48(50(66)35(4)73-54)57-52(68)47(56)36-21-17-15-18-22-36)29-44-46(53(69)70)43(63)31-55(71,75-44)30-39(60)27-42(62)41(61)25-24-37(58)26-38(59)28-45(64)72-34(3)33(2)49(32)65/h5-23,32-35,37-44,46-51,54,58-63,65-67,71H,24-31,56H2,1-4H3,(H,57,68)(H,69,70)/b6-5+,9-7+,10-8+,13-11+,14-12+,20-16+,23-19+/t32-,33-,34-,35-,37+,38+,39-,40-,41+,42+,43-,44-,46+,47+,48-,49+,50+,51-,54-,55+/m0/s1. The van der Waals surface area contributed by atoms with Gasteiger partial charge in [-0.3, -0.25) is 14.4 Å². The van der Waals surface area contributed by atoms with Crippen LogP contribution in [0.5, 0.6) is 0 Å². The molecule has 75 heavy (non-hydrogen) atoms. The lowest BCUT2D eigenvalue weighted by molar-refractivity contribution is -0.309. The number of carbonyl (C=O) groups is 3. The summed E-state index contributed by atoms with van der Waals surface area (Å²) in [6, 6.07) is 5.90. The number of cyclic esters (lactones) is 1. The Bertz CT molecular complexity index is 2130. The van der Waals surface area contributed by atoms with Crippen LogP contribution in [0.3, 0.4) is 0 Å². The van der Waals surface area contributed by atoms with Gasteiger partial charge >= 0.3 is 11.9 Å². The smallest absolute Gasteiger partial charge is 0.311 e. The maximum absolute atomic E-state index is 13.3. The molecule has 1 aromatic carbocycles. The minimum absolute atomic E-state index is 0.129. The van der Waals surface area contributed by atoms with Gasteiger partial charge in [0, 0.05) is 37.5 Å². The van der Waals surface area contributed by atoms with Crippen molar-refractivity contribution < 1.29 is 89.5 Å². The van der Waals surface area contributed by atoms with Crippen molar-refractivity contribution in [2.75, 3.05) is 0 Å². The second-order valence-electron chi connectivity index (χ2n) is 19.9. The summed E-state index contributed by atoms with van der Waals surface area (Å²) in [4.78, 5) is 38.7. The van der Waals surface area contributed by atoms with Crippen molar-refractivity contribution in [3.05, 3.63) is 121 Å². The first-order valence-corrected chi connectivity index (χ1v) is 25.5. The largest absolute Gasteiger partial charge is 0.481 e. The number of allylic oxidation sites excluding steroid dienone is 12. The van der Waals surface area contributed by atoms with E-state index in [1.54, 1.807) is 117 Å². The molecule has 2 saturated heterocycles. The van der Waals surface area contributed by atoms with Gasteiger partial charge in [0.25, 0.3) is 0 Å². The molecule has 1 aromatic rings. The molecule has 3 aliphatic rings. The number of ether oxygens (including phenoxy) is 4. The maximum atomic E-state index is 13.3. The Morgan fingerprint density at radius 3 is 1.87 bits per heavy atom. The van der Waals surface area contributed by atoms with Gasteiger partial charge in [-0.05, 0) is 38.7 Å². The highest BCUT2D eigenvalue weighted by molar-refractivity contribution is 5.83. The molecule has 20 nitrogen and oxygen atoms in total. The summed E-state index contributed by atoms with van der Waals surface area (Å²) in [6.45, 7) is 6.68. The van der Waals surface area contributed by atoms with Crippen molar-refractivity contribution in [3.8, 4) is 0 Å². The molecular weight excluding hydrogens is 977 g/mol. The monoisotopic (exact) mass is 1060 g/mol. The van der Waals surface area contributed by atoms with E-state index >= 15 is 0 Å². The van der Waals surface area contributed by atoms with Crippen molar-refractivity contribution in [3.63, 3.8) is 0 Å². The normalized spacial score (nSPS) is 41.3. The lowest BCUT2D eigenvalue weighted by Gasteiger charge is -2.45. The van der Waals surface area contributed by atoms with Crippen LogP contribution in [-0.4, -0.2) is 171 Å². The van der Waals surface area contributed by atoms with E-state index in [4.69, 9.17) is 24.7 Å². The topological polar surface area (TPSA) is 349 Å². The first-order valence-electron chi connectivity index (χ1n) is 25.5. The van der Waals surface area contributed by atoms with E-state index in [1.807, 2.05) is 13.0 Å². The number of rotatable bonds is 6. The number of carboxylic acid groups (broad SMARTS) is 1. The first kappa shape index (κ1) is 62.8. The van der Waals surface area contributed by atoms with Gasteiger partial charge in [0.15, 0.2) is 12.1 Å². The number of hydrogen-bond donors (Lipinski definition) is 13. The van der Waals surface area contributed by atoms with Crippen LogP contribution >= 0.6 is 0 Å². The summed E-state index contributed by atoms with van der Waals surface area (Å²) >= 11 is 0. The maximum Gasteiger partial charge on any atom is 0.311 e. The molecule has 0 unspecified atom stereocenters. The Labute approximate surface area is 438 Å². The molecule has 1 amide bonds. The predicted molar refractivity (Wildman–Crippen MR) is 274 cm³/mol. The number of carbonyl (C=O) groups excluding carboxylic acids is 2. The fraction of sp³-hybridized carbons (Fsp3) is 0.582. The summed E-state index contributed by atoms with van der Waals surface area (Å²) < 4.78 is 23.6. The van der Waals surface area contributed by atoms with Crippen LogP contribution in [0.1, 0.15) is 90.7 Å². The first-order chi connectivity index (χ1) is 35.5. The van der Waals surface area contributed by atoms with Gasteiger partial charge in [-0.1, -0.05) is 129 Å². The molecule has 20 atom stereocenters. The number of esters is 1. The average Bonchev–Trinajstić information content (AvgIpc) is 3.34. The zero-order valence-electron chi connectivity index (χ0n) is 43.0. The van der Waals surface area contributed by atoms with Crippen molar-refractivity contribution in [2.45, 2.75) is 183 Å². The van der Waals surface area contributed by atoms with E-state index in [0.29, 0.717) is 5.56 Å². The highest BCUT2D eigenvalue weighted by atomic mass is 16.7. The number of nitrogens with two attached hydrogens (primary N) is 1. The molecular formula is C55H80N2O18. The quantitative estimate of drug-likeness (QED) is 0.180. The summed E-state index contributed by atoms with van der Waals surface area (Å²) in [6.07, 6.45) is 1.68. The van der Waals surface area contributed by atoms with Gasteiger partial charge < -0.3 is 86.2 Å². The number of nitrogens with one attached hydrogen (secondary N) is 1.